The highest BCUT2D eigenvalue weighted by Crippen LogP contribution is 2.38. The molecule has 0 aliphatic heterocycles. The minimum atomic E-state index is 0.00394. The summed E-state index contributed by atoms with van der Waals surface area (Å²) in [7, 11) is 4.13. The number of benzene rings is 1. The second kappa shape index (κ2) is 4.34. The van der Waals surface area contributed by atoms with Crippen molar-refractivity contribution in [3.63, 3.8) is 0 Å². The zero-order valence-corrected chi connectivity index (χ0v) is 9.90. The molecule has 0 saturated carbocycles. The summed E-state index contributed by atoms with van der Waals surface area (Å²) < 4.78 is 0. The van der Waals surface area contributed by atoms with E-state index in [0.717, 1.165) is 25.8 Å². The van der Waals surface area contributed by atoms with E-state index < -0.39 is 0 Å². The van der Waals surface area contributed by atoms with Crippen LogP contribution in [0.5, 0.6) is 11.5 Å². The number of nitrogens with zero attached hydrogens (tertiary/aromatic N) is 1. The normalized spacial score (nSPS) is 19.8. The second-order valence-corrected chi connectivity index (χ2v) is 4.89. The van der Waals surface area contributed by atoms with Gasteiger partial charge in [-0.3, -0.25) is 0 Å². The van der Waals surface area contributed by atoms with Crippen LogP contribution in [0.3, 0.4) is 0 Å². The summed E-state index contributed by atoms with van der Waals surface area (Å²) in [6.07, 6.45) is 3.33. The Labute approximate surface area is 96.3 Å². The lowest BCUT2D eigenvalue weighted by Crippen LogP contribution is -2.23. The van der Waals surface area contributed by atoms with Gasteiger partial charge in [-0.2, -0.15) is 0 Å². The van der Waals surface area contributed by atoms with Gasteiger partial charge in [0, 0.05) is 6.54 Å². The molecule has 0 radical (unpaired) electrons. The van der Waals surface area contributed by atoms with Crippen molar-refractivity contribution in [3.8, 4) is 11.5 Å². The van der Waals surface area contributed by atoms with E-state index in [-0.39, 0.29) is 11.5 Å². The van der Waals surface area contributed by atoms with E-state index in [1.165, 1.54) is 11.1 Å². The van der Waals surface area contributed by atoms with E-state index in [0.29, 0.717) is 5.92 Å². The number of aryl methyl sites for hydroxylation is 1. The van der Waals surface area contributed by atoms with Crippen LogP contribution >= 0.6 is 0 Å². The molecule has 0 aromatic heterocycles. The highest BCUT2D eigenvalue weighted by Gasteiger charge is 2.22. The summed E-state index contributed by atoms with van der Waals surface area (Å²) in [5.41, 5.74) is 2.39. The Hall–Kier alpha value is -1.22. The van der Waals surface area contributed by atoms with Crippen LogP contribution in [-0.2, 0) is 6.42 Å². The van der Waals surface area contributed by atoms with Crippen molar-refractivity contribution in [3.05, 3.63) is 23.3 Å². The van der Waals surface area contributed by atoms with Crippen LogP contribution in [0.1, 0.15) is 29.9 Å². The van der Waals surface area contributed by atoms with Crippen LogP contribution in [0, 0.1) is 0 Å². The van der Waals surface area contributed by atoms with Gasteiger partial charge in [0.2, 0.25) is 0 Å². The molecule has 1 aromatic carbocycles. The number of phenolic OH excluding ortho intramolecular Hbond substituents is 2. The molecule has 2 rings (SSSR count). The Kier molecular flexibility index (Phi) is 3.06. The predicted octanol–water partition coefficient (Wildman–Crippen LogP) is 2.08. The van der Waals surface area contributed by atoms with Crippen molar-refractivity contribution in [2.75, 3.05) is 20.6 Å². The zero-order chi connectivity index (χ0) is 11.7. The molecular weight excluding hydrogens is 202 g/mol. The first-order chi connectivity index (χ1) is 7.58. The second-order valence-electron chi connectivity index (χ2n) is 4.89. The van der Waals surface area contributed by atoms with Gasteiger partial charge in [-0.05, 0) is 62.5 Å². The van der Waals surface area contributed by atoms with Crippen LogP contribution < -0.4 is 0 Å². The first-order valence-corrected chi connectivity index (χ1v) is 5.77. The molecule has 1 aliphatic carbocycles. The first kappa shape index (κ1) is 11.3. The van der Waals surface area contributed by atoms with Gasteiger partial charge in [0.25, 0.3) is 0 Å². The molecule has 0 spiro atoms. The molecule has 1 aliphatic rings. The molecular formula is C13H19NO2. The van der Waals surface area contributed by atoms with Gasteiger partial charge in [0.15, 0.2) is 11.5 Å². The monoisotopic (exact) mass is 221 g/mol. The van der Waals surface area contributed by atoms with Crippen LogP contribution in [0.4, 0.5) is 0 Å². The van der Waals surface area contributed by atoms with Gasteiger partial charge in [-0.1, -0.05) is 0 Å². The van der Waals surface area contributed by atoms with Gasteiger partial charge >= 0.3 is 0 Å². The van der Waals surface area contributed by atoms with E-state index in [1.807, 2.05) is 0 Å². The van der Waals surface area contributed by atoms with Gasteiger partial charge in [-0.25, -0.2) is 0 Å². The molecule has 2 N–H and O–H groups in total. The topological polar surface area (TPSA) is 43.7 Å². The van der Waals surface area contributed by atoms with Crippen molar-refractivity contribution in [2.24, 2.45) is 0 Å². The maximum absolute atomic E-state index is 9.56. The number of fused-ring (bicyclic) bond motifs is 1. The maximum atomic E-state index is 9.56. The molecule has 3 heteroatoms. The largest absolute Gasteiger partial charge is 0.504 e. The maximum Gasteiger partial charge on any atom is 0.157 e. The molecule has 88 valence electrons. The fourth-order valence-corrected chi connectivity index (χ4v) is 2.56. The molecule has 3 nitrogen and oxygen atoms in total. The number of phenols is 2. The van der Waals surface area contributed by atoms with Gasteiger partial charge in [-0.15, -0.1) is 0 Å². The van der Waals surface area contributed by atoms with E-state index in [9.17, 15) is 10.2 Å². The van der Waals surface area contributed by atoms with Gasteiger partial charge < -0.3 is 15.1 Å². The summed E-state index contributed by atoms with van der Waals surface area (Å²) in [6.45, 7) is 0.997. The van der Waals surface area contributed by atoms with E-state index in [4.69, 9.17) is 0 Å². The van der Waals surface area contributed by atoms with Crippen molar-refractivity contribution in [2.45, 2.75) is 25.2 Å². The average Bonchev–Trinajstić information content (AvgIpc) is 2.20. The molecule has 0 heterocycles. The molecule has 1 atom stereocenters. The third kappa shape index (κ3) is 2.14. The number of rotatable bonds is 2. The first-order valence-electron chi connectivity index (χ1n) is 5.77. The summed E-state index contributed by atoms with van der Waals surface area (Å²) in [6, 6.07) is 3.45. The molecule has 0 saturated heterocycles. The van der Waals surface area contributed by atoms with Crippen LogP contribution in [-0.4, -0.2) is 35.8 Å². The lowest BCUT2D eigenvalue weighted by Gasteiger charge is -2.28. The van der Waals surface area contributed by atoms with Crippen molar-refractivity contribution < 1.29 is 10.2 Å². The Bertz CT molecular complexity index is 388. The third-order valence-corrected chi connectivity index (χ3v) is 3.26. The molecule has 0 unspecified atom stereocenters. The number of aromatic hydroxyl groups is 2. The smallest absolute Gasteiger partial charge is 0.157 e. The lowest BCUT2D eigenvalue weighted by atomic mass is 9.82. The quantitative estimate of drug-likeness (QED) is 0.751. The Morgan fingerprint density at radius 3 is 2.62 bits per heavy atom. The molecule has 16 heavy (non-hydrogen) atoms. The van der Waals surface area contributed by atoms with Gasteiger partial charge in [0.05, 0.1) is 0 Å². The average molecular weight is 221 g/mol. The summed E-state index contributed by atoms with van der Waals surface area (Å²) in [4.78, 5) is 2.17. The summed E-state index contributed by atoms with van der Waals surface area (Å²) in [5, 5.41) is 19.0. The van der Waals surface area contributed by atoms with Crippen LogP contribution in [0.15, 0.2) is 12.1 Å². The van der Waals surface area contributed by atoms with Gasteiger partial charge in [0.1, 0.15) is 0 Å². The van der Waals surface area contributed by atoms with E-state index in [1.54, 1.807) is 12.1 Å². The van der Waals surface area contributed by atoms with Crippen molar-refractivity contribution >= 4 is 0 Å². The minimum absolute atomic E-state index is 0.00394. The van der Waals surface area contributed by atoms with Crippen LogP contribution in [0.25, 0.3) is 0 Å². The zero-order valence-electron chi connectivity index (χ0n) is 9.90. The fourth-order valence-electron chi connectivity index (χ4n) is 2.56. The predicted molar refractivity (Wildman–Crippen MR) is 64.0 cm³/mol. The lowest BCUT2D eigenvalue weighted by molar-refractivity contribution is 0.349. The molecule has 0 amide bonds. The molecule has 0 bridgehead atoms. The number of hydrogen-bond donors (Lipinski definition) is 2. The SMILES string of the molecule is CN(C)C[C@H]1CCCc2cc(O)c(O)cc21. The molecule has 1 aromatic rings. The Morgan fingerprint density at radius 1 is 1.25 bits per heavy atom. The van der Waals surface area contributed by atoms with Crippen molar-refractivity contribution in [1.29, 1.82) is 0 Å². The van der Waals surface area contributed by atoms with Crippen molar-refractivity contribution in [1.82, 2.24) is 4.90 Å². The summed E-state index contributed by atoms with van der Waals surface area (Å²) >= 11 is 0. The summed E-state index contributed by atoms with van der Waals surface area (Å²) in [5.74, 6) is 0.485. The minimum Gasteiger partial charge on any atom is -0.504 e. The Balaban J connectivity index is 2.34. The number of hydrogen-bond acceptors (Lipinski definition) is 3. The Morgan fingerprint density at radius 2 is 1.94 bits per heavy atom. The fraction of sp³-hybridized carbons (Fsp3) is 0.538. The van der Waals surface area contributed by atoms with E-state index in [2.05, 4.69) is 19.0 Å². The van der Waals surface area contributed by atoms with E-state index >= 15 is 0 Å². The highest BCUT2D eigenvalue weighted by atomic mass is 16.3. The standard InChI is InChI=1S/C13H19NO2/c1-14(2)8-10-5-3-4-9-6-12(15)13(16)7-11(9)10/h6-7,10,15-16H,3-5,8H2,1-2H3/t10-/m1/s1. The van der Waals surface area contributed by atoms with Crippen LogP contribution in [0.2, 0.25) is 0 Å². The number of likely N-dealkylation sites (N-methyl/N-ethyl adjacent to an activating group) is 1. The third-order valence-electron chi connectivity index (χ3n) is 3.26. The highest BCUT2D eigenvalue weighted by molar-refractivity contribution is 5.47. The molecule has 0 fully saturated rings.